The van der Waals surface area contributed by atoms with Crippen LogP contribution in [-0.2, 0) is 6.42 Å². The molecular weight excluding hydrogens is 180 g/mol. The van der Waals surface area contributed by atoms with Crippen molar-refractivity contribution >= 4 is 5.65 Å². The monoisotopic (exact) mass is 192 g/mol. The van der Waals surface area contributed by atoms with Crippen molar-refractivity contribution in [2.45, 2.75) is 6.42 Å². The van der Waals surface area contributed by atoms with Gasteiger partial charge in [0.25, 0.3) is 0 Å². The van der Waals surface area contributed by atoms with E-state index in [2.05, 4.69) is 10.2 Å². The van der Waals surface area contributed by atoms with Crippen LogP contribution < -0.4 is 10.5 Å². The Morgan fingerprint density at radius 1 is 1.50 bits per heavy atom. The van der Waals surface area contributed by atoms with E-state index in [0.717, 1.165) is 17.2 Å². The van der Waals surface area contributed by atoms with Crippen molar-refractivity contribution in [1.29, 1.82) is 0 Å². The zero-order chi connectivity index (χ0) is 9.97. The van der Waals surface area contributed by atoms with Gasteiger partial charge in [0.15, 0.2) is 5.75 Å². The van der Waals surface area contributed by atoms with E-state index in [1.54, 1.807) is 7.11 Å². The highest BCUT2D eigenvalue weighted by atomic mass is 16.5. The quantitative estimate of drug-likeness (QED) is 0.756. The van der Waals surface area contributed by atoms with Gasteiger partial charge in [-0.1, -0.05) is 0 Å². The van der Waals surface area contributed by atoms with Gasteiger partial charge in [-0.25, -0.2) is 0 Å². The molecule has 2 N–H and O–H groups in total. The Labute approximate surface area is 81.5 Å². The highest BCUT2D eigenvalue weighted by Gasteiger charge is 2.07. The molecule has 0 radical (unpaired) electrons. The van der Waals surface area contributed by atoms with Crippen LogP contribution in [0.25, 0.3) is 5.65 Å². The van der Waals surface area contributed by atoms with Gasteiger partial charge in [-0.05, 0) is 18.7 Å². The Kier molecular flexibility index (Phi) is 2.32. The lowest BCUT2D eigenvalue weighted by Crippen LogP contribution is -2.06. The maximum atomic E-state index is 5.47. The second-order valence-electron chi connectivity index (χ2n) is 2.93. The first-order valence-corrected chi connectivity index (χ1v) is 4.43. The Morgan fingerprint density at radius 2 is 2.36 bits per heavy atom. The first-order valence-electron chi connectivity index (χ1n) is 4.43. The van der Waals surface area contributed by atoms with Crippen molar-refractivity contribution in [3.8, 4) is 5.75 Å². The summed E-state index contributed by atoms with van der Waals surface area (Å²) >= 11 is 0. The van der Waals surface area contributed by atoms with E-state index in [1.165, 1.54) is 0 Å². The third kappa shape index (κ3) is 1.31. The second-order valence-corrected chi connectivity index (χ2v) is 2.93. The molecule has 0 atom stereocenters. The van der Waals surface area contributed by atoms with Crippen LogP contribution in [0.1, 0.15) is 5.82 Å². The maximum Gasteiger partial charge on any atom is 0.203 e. The summed E-state index contributed by atoms with van der Waals surface area (Å²) in [5.74, 6) is 1.59. The fourth-order valence-electron chi connectivity index (χ4n) is 1.40. The van der Waals surface area contributed by atoms with Crippen molar-refractivity contribution in [1.82, 2.24) is 14.6 Å². The summed E-state index contributed by atoms with van der Waals surface area (Å²) in [7, 11) is 1.62. The van der Waals surface area contributed by atoms with Gasteiger partial charge in [-0.2, -0.15) is 0 Å². The fourth-order valence-corrected chi connectivity index (χ4v) is 1.40. The van der Waals surface area contributed by atoms with Gasteiger partial charge in [-0.15, -0.1) is 10.2 Å². The largest absolute Gasteiger partial charge is 0.493 e. The highest BCUT2D eigenvalue weighted by Crippen LogP contribution is 2.17. The molecule has 5 heteroatoms. The van der Waals surface area contributed by atoms with E-state index in [-0.39, 0.29) is 0 Å². The normalized spacial score (nSPS) is 10.7. The highest BCUT2D eigenvalue weighted by molar-refractivity contribution is 5.52. The summed E-state index contributed by atoms with van der Waals surface area (Å²) in [6.07, 6.45) is 2.62. The molecular formula is C9H12N4O. The number of pyridine rings is 1. The number of ether oxygens (including phenoxy) is 1. The Bertz CT molecular complexity index is 437. The minimum Gasteiger partial charge on any atom is -0.493 e. The lowest BCUT2D eigenvalue weighted by Gasteiger charge is -2.01. The maximum absolute atomic E-state index is 5.47. The summed E-state index contributed by atoms with van der Waals surface area (Å²) < 4.78 is 7.06. The van der Waals surface area contributed by atoms with Crippen LogP contribution in [0.15, 0.2) is 18.3 Å². The van der Waals surface area contributed by atoms with Crippen LogP contribution in [0.5, 0.6) is 5.75 Å². The molecule has 0 fully saturated rings. The lowest BCUT2D eigenvalue weighted by atomic mass is 10.4. The van der Waals surface area contributed by atoms with Gasteiger partial charge >= 0.3 is 0 Å². The molecule has 14 heavy (non-hydrogen) atoms. The average Bonchev–Trinajstić information content (AvgIpc) is 2.62. The summed E-state index contributed by atoms with van der Waals surface area (Å²) in [5.41, 5.74) is 6.20. The number of hydrogen-bond acceptors (Lipinski definition) is 4. The molecule has 0 aromatic carbocycles. The molecule has 0 aliphatic heterocycles. The van der Waals surface area contributed by atoms with Gasteiger partial charge < -0.3 is 10.5 Å². The molecule has 0 saturated heterocycles. The molecule has 2 aromatic heterocycles. The summed E-state index contributed by atoms with van der Waals surface area (Å²) in [6.45, 7) is 0.567. The standard InChI is InChI=1S/C9H12N4O/c1-14-7-3-2-6-13-8(4-5-10)11-12-9(7)13/h2-3,6H,4-5,10H2,1H3. The predicted molar refractivity (Wildman–Crippen MR) is 52.3 cm³/mol. The van der Waals surface area contributed by atoms with Crippen molar-refractivity contribution in [2.75, 3.05) is 13.7 Å². The van der Waals surface area contributed by atoms with Crippen LogP contribution in [0.3, 0.4) is 0 Å². The van der Waals surface area contributed by atoms with E-state index in [1.807, 2.05) is 22.7 Å². The zero-order valence-electron chi connectivity index (χ0n) is 7.97. The second kappa shape index (κ2) is 3.63. The number of methoxy groups -OCH3 is 1. The molecule has 0 bridgehead atoms. The number of aromatic nitrogens is 3. The molecule has 0 spiro atoms. The molecule has 74 valence electrons. The Hall–Kier alpha value is -1.62. The first-order chi connectivity index (χ1) is 6.86. The number of hydrogen-bond donors (Lipinski definition) is 1. The van der Waals surface area contributed by atoms with E-state index < -0.39 is 0 Å². The molecule has 0 aliphatic rings. The van der Waals surface area contributed by atoms with Crippen molar-refractivity contribution in [3.05, 3.63) is 24.2 Å². The number of fused-ring (bicyclic) bond motifs is 1. The molecule has 2 heterocycles. The molecule has 0 unspecified atom stereocenters. The average molecular weight is 192 g/mol. The molecule has 0 aliphatic carbocycles. The van der Waals surface area contributed by atoms with Crippen LogP contribution in [-0.4, -0.2) is 28.3 Å². The van der Waals surface area contributed by atoms with Gasteiger partial charge in [-0.3, -0.25) is 4.40 Å². The van der Waals surface area contributed by atoms with Crippen LogP contribution >= 0.6 is 0 Å². The molecule has 0 amide bonds. The number of nitrogens with zero attached hydrogens (tertiary/aromatic N) is 3. The van der Waals surface area contributed by atoms with Crippen LogP contribution in [0, 0.1) is 0 Å². The number of rotatable bonds is 3. The number of nitrogens with two attached hydrogens (primary N) is 1. The van der Waals surface area contributed by atoms with Crippen molar-refractivity contribution in [3.63, 3.8) is 0 Å². The lowest BCUT2D eigenvalue weighted by molar-refractivity contribution is 0.416. The predicted octanol–water partition coefficient (Wildman–Crippen LogP) is 0.239. The van der Waals surface area contributed by atoms with Gasteiger partial charge in [0.05, 0.1) is 7.11 Å². The van der Waals surface area contributed by atoms with E-state index in [0.29, 0.717) is 13.0 Å². The molecule has 5 nitrogen and oxygen atoms in total. The zero-order valence-corrected chi connectivity index (χ0v) is 7.97. The van der Waals surface area contributed by atoms with Gasteiger partial charge in [0.2, 0.25) is 5.65 Å². The molecule has 2 rings (SSSR count). The smallest absolute Gasteiger partial charge is 0.203 e. The third-order valence-electron chi connectivity index (χ3n) is 2.06. The topological polar surface area (TPSA) is 65.4 Å². The SMILES string of the molecule is COc1cccn2c(CCN)nnc12. The minimum atomic E-state index is 0.567. The fraction of sp³-hybridized carbons (Fsp3) is 0.333. The van der Waals surface area contributed by atoms with Crippen LogP contribution in [0.4, 0.5) is 0 Å². The summed E-state index contributed by atoms with van der Waals surface area (Å²) in [4.78, 5) is 0. The third-order valence-corrected chi connectivity index (χ3v) is 2.06. The van der Waals surface area contributed by atoms with E-state index in [4.69, 9.17) is 10.5 Å². The molecule has 2 aromatic rings. The summed E-state index contributed by atoms with van der Waals surface area (Å²) in [6, 6.07) is 3.76. The molecule has 0 saturated carbocycles. The first kappa shape index (κ1) is 8.96. The van der Waals surface area contributed by atoms with Crippen molar-refractivity contribution in [2.24, 2.45) is 5.73 Å². The Balaban J connectivity index is 2.57. The minimum absolute atomic E-state index is 0.567. The van der Waals surface area contributed by atoms with E-state index >= 15 is 0 Å². The summed E-state index contributed by atoms with van der Waals surface area (Å²) in [5, 5.41) is 8.09. The van der Waals surface area contributed by atoms with Gasteiger partial charge in [0, 0.05) is 12.6 Å². The Morgan fingerprint density at radius 3 is 3.07 bits per heavy atom. The van der Waals surface area contributed by atoms with Gasteiger partial charge in [0.1, 0.15) is 5.82 Å². The van der Waals surface area contributed by atoms with Crippen LogP contribution in [0.2, 0.25) is 0 Å². The van der Waals surface area contributed by atoms with E-state index in [9.17, 15) is 0 Å². The van der Waals surface area contributed by atoms with Crippen molar-refractivity contribution < 1.29 is 4.74 Å².